The molecule has 1 unspecified atom stereocenters. The Morgan fingerprint density at radius 3 is 2.81 bits per heavy atom. The van der Waals surface area contributed by atoms with Crippen LogP contribution in [0.1, 0.15) is 16.4 Å². The number of hydrogen-bond donors (Lipinski definition) is 2. The molecule has 1 aromatic heterocycles. The first-order valence-corrected chi connectivity index (χ1v) is 5.99. The van der Waals surface area contributed by atoms with E-state index in [2.05, 4.69) is 0 Å². The Hall–Kier alpha value is -2.48. The number of hydrogen-bond acceptors (Lipinski definition) is 4. The number of aromatic carboxylic acids is 1. The molecule has 2 heterocycles. The van der Waals surface area contributed by atoms with Gasteiger partial charge in [0, 0.05) is 6.20 Å². The quantitative estimate of drug-likeness (QED) is 0.860. The second-order valence-corrected chi connectivity index (χ2v) is 4.63. The van der Waals surface area contributed by atoms with Crippen molar-refractivity contribution in [2.75, 3.05) is 13.2 Å². The average molecular weight is 297 g/mol. The second-order valence-electron chi connectivity index (χ2n) is 4.63. The van der Waals surface area contributed by atoms with Crippen LogP contribution in [0.3, 0.4) is 0 Å². The second kappa shape index (κ2) is 4.52. The summed E-state index contributed by atoms with van der Waals surface area (Å²) < 4.78 is 33.6. The maximum absolute atomic E-state index is 13.8. The minimum Gasteiger partial charge on any atom is -0.486 e. The van der Waals surface area contributed by atoms with E-state index in [4.69, 9.17) is 9.84 Å². The van der Waals surface area contributed by atoms with Gasteiger partial charge in [0.25, 0.3) is 0 Å². The van der Waals surface area contributed by atoms with E-state index in [1.807, 2.05) is 0 Å². The maximum Gasteiger partial charge on any atom is 0.341 e. The number of carboxylic acid groups (broad SMARTS) is 1. The standard InChI is InChI=1S/C13H9F2NO5/c14-8-1-6-10-12(9(8)15)21-4-5(3-17)16(10)2-7(11(6)18)13(19)20/h1-2,5,17H,3-4H2,(H,19,20). The molecule has 8 heteroatoms. The zero-order valence-electron chi connectivity index (χ0n) is 10.5. The maximum atomic E-state index is 13.8. The van der Waals surface area contributed by atoms with Gasteiger partial charge in [-0.3, -0.25) is 4.79 Å². The predicted molar refractivity (Wildman–Crippen MR) is 66.7 cm³/mol. The van der Waals surface area contributed by atoms with Gasteiger partial charge in [-0.25, -0.2) is 9.18 Å². The van der Waals surface area contributed by atoms with Gasteiger partial charge < -0.3 is 19.5 Å². The fraction of sp³-hybridized carbons (Fsp3) is 0.231. The highest BCUT2D eigenvalue weighted by Crippen LogP contribution is 2.35. The lowest BCUT2D eigenvalue weighted by Crippen LogP contribution is -2.30. The Kier molecular flexibility index (Phi) is 2.91. The summed E-state index contributed by atoms with van der Waals surface area (Å²) >= 11 is 0. The molecule has 0 spiro atoms. The fourth-order valence-electron chi connectivity index (χ4n) is 2.40. The topological polar surface area (TPSA) is 88.8 Å². The normalized spacial score (nSPS) is 16.8. The van der Waals surface area contributed by atoms with Crippen LogP contribution in [0, 0.1) is 11.6 Å². The van der Waals surface area contributed by atoms with Gasteiger partial charge in [-0.15, -0.1) is 0 Å². The van der Waals surface area contributed by atoms with E-state index in [-0.39, 0.29) is 17.5 Å². The third-order valence-corrected chi connectivity index (χ3v) is 3.42. The van der Waals surface area contributed by atoms with Crippen molar-refractivity contribution in [3.05, 3.63) is 39.7 Å². The molecular formula is C13H9F2NO5. The van der Waals surface area contributed by atoms with Crippen molar-refractivity contribution in [3.63, 3.8) is 0 Å². The number of ether oxygens (including phenoxy) is 1. The number of aromatic nitrogens is 1. The number of halogens is 2. The first-order valence-electron chi connectivity index (χ1n) is 5.99. The highest BCUT2D eigenvalue weighted by molar-refractivity contribution is 5.94. The molecule has 0 bridgehead atoms. The number of benzene rings is 1. The molecule has 2 aromatic rings. The minimum atomic E-state index is -1.49. The number of rotatable bonds is 2. The summed E-state index contributed by atoms with van der Waals surface area (Å²) in [5, 5.41) is 18.0. The summed E-state index contributed by atoms with van der Waals surface area (Å²) in [6.45, 7) is -0.573. The molecule has 2 N–H and O–H groups in total. The highest BCUT2D eigenvalue weighted by atomic mass is 19.2. The summed E-state index contributed by atoms with van der Waals surface area (Å²) in [6.07, 6.45) is 1.01. The molecule has 1 aliphatic heterocycles. The van der Waals surface area contributed by atoms with Crippen LogP contribution in [-0.4, -0.2) is 34.0 Å². The van der Waals surface area contributed by atoms with E-state index in [9.17, 15) is 23.5 Å². The van der Waals surface area contributed by atoms with Gasteiger partial charge in [-0.2, -0.15) is 4.39 Å². The van der Waals surface area contributed by atoms with Crippen LogP contribution in [0.5, 0.6) is 5.75 Å². The predicted octanol–water partition coefficient (Wildman–Crippen LogP) is 0.904. The minimum absolute atomic E-state index is 0.0609. The fourth-order valence-corrected chi connectivity index (χ4v) is 2.40. The lowest BCUT2D eigenvalue weighted by molar-refractivity contribution is 0.0693. The molecule has 1 aromatic carbocycles. The lowest BCUT2D eigenvalue weighted by atomic mass is 10.1. The zero-order chi connectivity index (χ0) is 15.3. The Balaban J connectivity index is 2.53. The van der Waals surface area contributed by atoms with E-state index in [1.54, 1.807) is 0 Å². The number of carbonyl (C=O) groups is 1. The van der Waals surface area contributed by atoms with Crippen LogP contribution < -0.4 is 10.2 Å². The van der Waals surface area contributed by atoms with Gasteiger partial charge in [-0.05, 0) is 6.07 Å². The van der Waals surface area contributed by atoms with Crippen molar-refractivity contribution in [2.45, 2.75) is 6.04 Å². The SMILES string of the molecule is O=C(O)c1cn2c3c(c(F)c(F)cc3c1=O)OCC2CO. The van der Waals surface area contributed by atoms with E-state index in [0.717, 1.165) is 6.20 Å². The van der Waals surface area contributed by atoms with Crippen LogP contribution in [0.15, 0.2) is 17.1 Å². The molecule has 0 aliphatic carbocycles. The average Bonchev–Trinajstić information content (AvgIpc) is 2.46. The Morgan fingerprint density at radius 2 is 2.19 bits per heavy atom. The van der Waals surface area contributed by atoms with Crippen molar-refractivity contribution in [1.29, 1.82) is 0 Å². The summed E-state index contributed by atoms with van der Waals surface area (Å²) in [7, 11) is 0. The van der Waals surface area contributed by atoms with Gasteiger partial charge in [-0.1, -0.05) is 0 Å². The summed E-state index contributed by atoms with van der Waals surface area (Å²) in [4.78, 5) is 23.2. The Labute approximate surface area is 115 Å². The van der Waals surface area contributed by atoms with Crippen LogP contribution in [0.2, 0.25) is 0 Å². The van der Waals surface area contributed by atoms with E-state index in [0.29, 0.717) is 6.07 Å². The van der Waals surface area contributed by atoms with Gasteiger partial charge >= 0.3 is 5.97 Å². The molecule has 1 aliphatic rings. The lowest BCUT2D eigenvalue weighted by Gasteiger charge is -2.28. The molecule has 0 amide bonds. The van der Waals surface area contributed by atoms with Crippen molar-refractivity contribution < 1.29 is 28.5 Å². The third-order valence-electron chi connectivity index (χ3n) is 3.42. The number of carboxylic acids is 1. The van der Waals surface area contributed by atoms with Crippen molar-refractivity contribution in [3.8, 4) is 5.75 Å². The van der Waals surface area contributed by atoms with Crippen LogP contribution >= 0.6 is 0 Å². The molecule has 0 saturated carbocycles. The molecule has 110 valence electrons. The van der Waals surface area contributed by atoms with Gasteiger partial charge in [0.1, 0.15) is 12.2 Å². The number of aliphatic hydroxyl groups is 1. The third kappa shape index (κ3) is 1.79. The van der Waals surface area contributed by atoms with Crippen LogP contribution in [0.4, 0.5) is 8.78 Å². The molecule has 21 heavy (non-hydrogen) atoms. The zero-order valence-corrected chi connectivity index (χ0v) is 10.5. The van der Waals surface area contributed by atoms with E-state index in [1.165, 1.54) is 4.57 Å². The van der Waals surface area contributed by atoms with Crippen molar-refractivity contribution >= 4 is 16.9 Å². The number of pyridine rings is 1. The summed E-state index contributed by atoms with van der Waals surface area (Å²) in [6, 6.07) is -0.0497. The summed E-state index contributed by atoms with van der Waals surface area (Å²) in [5.41, 5.74) is -1.58. The summed E-state index contributed by atoms with van der Waals surface area (Å²) in [5.74, 6) is -4.50. The molecule has 3 rings (SSSR count). The van der Waals surface area contributed by atoms with Gasteiger partial charge in [0.2, 0.25) is 11.2 Å². The first-order chi connectivity index (χ1) is 9.95. The van der Waals surface area contributed by atoms with Crippen LogP contribution in [-0.2, 0) is 0 Å². The molecule has 6 nitrogen and oxygen atoms in total. The smallest absolute Gasteiger partial charge is 0.341 e. The van der Waals surface area contributed by atoms with Crippen molar-refractivity contribution in [1.82, 2.24) is 4.57 Å². The van der Waals surface area contributed by atoms with E-state index < -0.39 is 47.0 Å². The molecule has 0 radical (unpaired) electrons. The van der Waals surface area contributed by atoms with Crippen LogP contribution in [0.25, 0.3) is 10.9 Å². The Bertz CT molecular complexity index is 830. The first kappa shape index (κ1) is 13.5. The monoisotopic (exact) mass is 297 g/mol. The van der Waals surface area contributed by atoms with Gasteiger partial charge in [0.05, 0.1) is 23.6 Å². The molecule has 0 saturated heterocycles. The van der Waals surface area contributed by atoms with Gasteiger partial charge in [0.15, 0.2) is 11.6 Å². The molecular weight excluding hydrogens is 288 g/mol. The van der Waals surface area contributed by atoms with E-state index >= 15 is 0 Å². The molecule has 0 fully saturated rings. The number of aliphatic hydroxyl groups excluding tert-OH is 1. The van der Waals surface area contributed by atoms with Crippen molar-refractivity contribution in [2.24, 2.45) is 0 Å². The molecule has 1 atom stereocenters. The largest absolute Gasteiger partial charge is 0.486 e. The number of nitrogens with zero attached hydrogens (tertiary/aromatic N) is 1. The Morgan fingerprint density at radius 1 is 1.48 bits per heavy atom. The highest BCUT2D eigenvalue weighted by Gasteiger charge is 2.29.